The molecule has 10 aromatic carbocycles. The monoisotopic (exact) mass is 805 g/mol. The van der Waals surface area contributed by atoms with Crippen LogP contribution in [0.15, 0.2) is 212 Å². The lowest BCUT2D eigenvalue weighted by molar-refractivity contribution is 0.660. The van der Waals surface area contributed by atoms with Gasteiger partial charge >= 0.3 is 0 Å². The smallest absolute Gasteiger partial charge is 0.0540 e. The Hall–Kier alpha value is -7.48. The van der Waals surface area contributed by atoms with Crippen LogP contribution in [0, 0.1) is 0 Å². The van der Waals surface area contributed by atoms with E-state index in [0.29, 0.717) is 0 Å². The lowest BCUT2D eigenvalue weighted by Gasteiger charge is -2.28. The molecule has 12 rings (SSSR count). The van der Waals surface area contributed by atoms with E-state index in [4.69, 9.17) is 0 Å². The van der Waals surface area contributed by atoms with E-state index in [9.17, 15) is 0 Å². The number of hydrogen-bond donors (Lipinski definition) is 0. The Balaban J connectivity index is 0.963. The average Bonchev–Trinajstić information content (AvgIpc) is 3.71. The van der Waals surface area contributed by atoms with Gasteiger partial charge in [0.15, 0.2) is 0 Å². The molecule has 0 radical (unpaired) electrons. The summed E-state index contributed by atoms with van der Waals surface area (Å²) in [7, 11) is 0. The molecule has 0 bridgehead atoms. The first-order chi connectivity index (χ1) is 30.8. The highest BCUT2D eigenvalue weighted by molar-refractivity contribution is 6.12. The summed E-state index contributed by atoms with van der Waals surface area (Å²) < 4.78 is 0. The maximum Gasteiger partial charge on any atom is 0.0540 e. The van der Waals surface area contributed by atoms with Crippen molar-refractivity contribution in [1.29, 1.82) is 0 Å². The maximum atomic E-state index is 2.43. The third-order valence-corrected chi connectivity index (χ3v) is 14.3. The molecule has 0 N–H and O–H groups in total. The lowest BCUT2D eigenvalue weighted by atomic mass is 9.78. The molecule has 0 fully saturated rings. The van der Waals surface area contributed by atoms with Crippen LogP contribution in [0.5, 0.6) is 0 Å². The number of fused-ring (bicyclic) bond motifs is 9. The molecular formula is C62H47N. The van der Waals surface area contributed by atoms with Crippen LogP contribution in [0.4, 0.5) is 17.1 Å². The zero-order chi connectivity index (χ0) is 42.5. The minimum Gasteiger partial charge on any atom is -0.310 e. The van der Waals surface area contributed by atoms with Crippen LogP contribution < -0.4 is 4.90 Å². The molecule has 2 aliphatic rings. The van der Waals surface area contributed by atoms with Gasteiger partial charge in [0.05, 0.1) is 5.69 Å². The highest BCUT2D eigenvalue weighted by atomic mass is 15.1. The zero-order valence-electron chi connectivity index (χ0n) is 36.2. The predicted octanol–water partition coefficient (Wildman–Crippen LogP) is 17.1. The van der Waals surface area contributed by atoms with Crippen molar-refractivity contribution in [2.24, 2.45) is 0 Å². The van der Waals surface area contributed by atoms with Crippen LogP contribution in [-0.2, 0) is 10.8 Å². The standard InChI is InChI=1S/C62H47N/c1-61(2)56-24-11-9-19-50(56)52-37-32-43(39-58(52)61)40-27-33-44(34-28-40)63(59-26-14-21-48-46-16-6-5-15-41(46)31-38-53(48)59)45-35-29-42(30-36-45)47-17-7-8-18-49(47)54-22-13-23-55-51-20-10-12-25-57(51)62(3,4)60(54)55/h5-39H,1-4H3. The highest BCUT2D eigenvalue weighted by Gasteiger charge is 2.38. The van der Waals surface area contributed by atoms with Crippen molar-refractivity contribution in [1.82, 2.24) is 0 Å². The summed E-state index contributed by atoms with van der Waals surface area (Å²) in [5, 5.41) is 4.98. The third-order valence-electron chi connectivity index (χ3n) is 14.3. The quantitative estimate of drug-likeness (QED) is 0.151. The molecular weight excluding hydrogens is 759 g/mol. The minimum atomic E-state index is -0.109. The van der Waals surface area contributed by atoms with E-state index >= 15 is 0 Å². The van der Waals surface area contributed by atoms with Gasteiger partial charge in [0, 0.05) is 27.6 Å². The Labute approximate surface area is 370 Å². The van der Waals surface area contributed by atoms with Crippen molar-refractivity contribution in [2.75, 3.05) is 4.90 Å². The molecule has 1 nitrogen and oxygen atoms in total. The molecule has 0 saturated heterocycles. The Morgan fingerprint density at radius 2 is 0.810 bits per heavy atom. The predicted molar refractivity (Wildman–Crippen MR) is 268 cm³/mol. The molecule has 0 spiro atoms. The summed E-state index contributed by atoms with van der Waals surface area (Å²) in [6, 6.07) is 79.0. The fraction of sp³-hybridized carbons (Fsp3) is 0.0968. The van der Waals surface area contributed by atoms with Crippen LogP contribution in [-0.4, -0.2) is 0 Å². The fourth-order valence-corrected chi connectivity index (χ4v) is 11.2. The van der Waals surface area contributed by atoms with Gasteiger partial charge in [-0.1, -0.05) is 204 Å². The number of hydrogen-bond acceptors (Lipinski definition) is 1. The molecule has 0 aliphatic heterocycles. The lowest BCUT2D eigenvalue weighted by Crippen LogP contribution is -2.16. The largest absolute Gasteiger partial charge is 0.310 e. The van der Waals surface area contributed by atoms with Crippen molar-refractivity contribution in [2.45, 2.75) is 38.5 Å². The van der Waals surface area contributed by atoms with Gasteiger partial charge in [-0.25, -0.2) is 0 Å². The SMILES string of the molecule is CC1(C)c2ccccc2-c2ccc(-c3ccc(N(c4ccc(-c5ccccc5-c5cccc6c5C(C)(C)c5ccccc5-6)cc4)c4cccc5c4ccc4ccccc45)cc3)cc21. The summed E-state index contributed by atoms with van der Waals surface area (Å²) in [6.07, 6.45) is 0. The third kappa shape index (κ3) is 5.69. The van der Waals surface area contributed by atoms with Crippen molar-refractivity contribution in [3.05, 3.63) is 235 Å². The molecule has 63 heavy (non-hydrogen) atoms. The van der Waals surface area contributed by atoms with Crippen LogP contribution in [0.3, 0.4) is 0 Å². The van der Waals surface area contributed by atoms with Gasteiger partial charge in [0.25, 0.3) is 0 Å². The molecule has 10 aromatic rings. The maximum absolute atomic E-state index is 2.43. The van der Waals surface area contributed by atoms with Gasteiger partial charge in [-0.3, -0.25) is 0 Å². The van der Waals surface area contributed by atoms with Crippen LogP contribution in [0.1, 0.15) is 49.9 Å². The van der Waals surface area contributed by atoms with Gasteiger partial charge in [-0.05, 0) is 130 Å². The number of anilines is 3. The summed E-state index contributed by atoms with van der Waals surface area (Å²) >= 11 is 0. The molecule has 300 valence electrons. The average molecular weight is 806 g/mol. The number of benzene rings is 10. The molecule has 0 aromatic heterocycles. The molecule has 0 unspecified atom stereocenters. The van der Waals surface area contributed by atoms with Crippen molar-refractivity contribution in [3.63, 3.8) is 0 Å². The second kappa shape index (κ2) is 14.0. The first kappa shape index (κ1) is 37.3. The summed E-state index contributed by atoms with van der Waals surface area (Å²) in [5.74, 6) is 0. The second-order valence-electron chi connectivity index (χ2n) is 18.5. The van der Waals surface area contributed by atoms with Crippen molar-refractivity contribution >= 4 is 38.6 Å². The van der Waals surface area contributed by atoms with Crippen molar-refractivity contribution in [3.8, 4) is 55.6 Å². The van der Waals surface area contributed by atoms with Crippen LogP contribution in [0.2, 0.25) is 0 Å². The summed E-state index contributed by atoms with van der Waals surface area (Å²) in [5.41, 5.74) is 21.6. The molecule has 0 saturated carbocycles. The van der Waals surface area contributed by atoms with E-state index in [2.05, 4.69) is 245 Å². The molecule has 0 heterocycles. The van der Waals surface area contributed by atoms with Crippen molar-refractivity contribution < 1.29 is 0 Å². The van der Waals surface area contributed by atoms with Gasteiger partial charge in [-0.2, -0.15) is 0 Å². The molecule has 0 atom stereocenters. The Bertz CT molecular complexity index is 3440. The van der Waals surface area contributed by atoms with E-state index in [0.717, 1.165) is 17.1 Å². The van der Waals surface area contributed by atoms with E-state index < -0.39 is 0 Å². The normalized spacial score (nSPS) is 14.0. The second-order valence-corrected chi connectivity index (χ2v) is 18.5. The highest BCUT2D eigenvalue weighted by Crippen LogP contribution is 2.54. The summed E-state index contributed by atoms with van der Waals surface area (Å²) in [4.78, 5) is 2.43. The topological polar surface area (TPSA) is 3.24 Å². The summed E-state index contributed by atoms with van der Waals surface area (Å²) in [6.45, 7) is 9.46. The van der Waals surface area contributed by atoms with Gasteiger partial charge in [0.1, 0.15) is 0 Å². The first-order valence-corrected chi connectivity index (χ1v) is 22.3. The van der Waals surface area contributed by atoms with Gasteiger partial charge in [0.2, 0.25) is 0 Å². The van der Waals surface area contributed by atoms with E-state index in [1.807, 2.05) is 0 Å². The van der Waals surface area contributed by atoms with Crippen LogP contribution >= 0.6 is 0 Å². The Morgan fingerprint density at radius 1 is 0.302 bits per heavy atom. The van der Waals surface area contributed by atoms with E-state index in [1.54, 1.807) is 0 Å². The number of nitrogens with zero attached hydrogens (tertiary/aromatic N) is 1. The minimum absolute atomic E-state index is 0.0482. The Morgan fingerprint density at radius 3 is 1.54 bits per heavy atom. The van der Waals surface area contributed by atoms with Crippen LogP contribution in [0.25, 0.3) is 77.2 Å². The number of rotatable bonds is 6. The van der Waals surface area contributed by atoms with Gasteiger partial charge in [-0.15, -0.1) is 0 Å². The Kier molecular flexibility index (Phi) is 8.30. The van der Waals surface area contributed by atoms with E-state index in [1.165, 1.54) is 99.4 Å². The molecule has 2 aliphatic carbocycles. The fourth-order valence-electron chi connectivity index (χ4n) is 11.2. The van der Waals surface area contributed by atoms with E-state index in [-0.39, 0.29) is 10.8 Å². The zero-order valence-corrected chi connectivity index (χ0v) is 36.2. The molecule has 0 amide bonds. The molecule has 1 heteroatoms. The first-order valence-electron chi connectivity index (χ1n) is 22.3. The van der Waals surface area contributed by atoms with Gasteiger partial charge < -0.3 is 4.90 Å².